The Balaban J connectivity index is 1.99. The largest absolute Gasteiger partial charge is 0.493 e. The summed E-state index contributed by atoms with van der Waals surface area (Å²) < 4.78 is 27.7. The minimum absolute atomic E-state index is 0.133. The van der Waals surface area contributed by atoms with Gasteiger partial charge < -0.3 is 9.47 Å². The number of unbranched alkanes of at least 4 members (excludes halogenated alkanes) is 3. The summed E-state index contributed by atoms with van der Waals surface area (Å²) in [7, 11) is 3.35. The normalized spacial score (nSPS) is 13.4. The molecule has 1 heterocycles. The highest BCUT2D eigenvalue weighted by atomic mass is 19.1. The zero-order valence-electron chi connectivity index (χ0n) is 17.3. The van der Waals surface area contributed by atoms with Crippen LogP contribution < -0.4 is 9.47 Å². The molecular weight excluding hydrogens is 353 g/mol. The third-order valence-electron chi connectivity index (χ3n) is 5.54. The molecule has 2 aromatic rings. The quantitative estimate of drug-likeness (QED) is 0.428. The van der Waals surface area contributed by atoms with Crippen LogP contribution in [-0.2, 0) is 13.0 Å². The Morgan fingerprint density at radius 2 is 1.75 bits per heavy atom. The van der Waals surface area contributed by atoms with E-state index < -0.39 is 0 Å². The first-order valence-electron chi connectivity index (χ1n) is 10.3. The SMILES string of the molecule is CCCCCCC1=[N+](Cc2ccccc2F)CCc2cc(OC)c(OC)cc21. The Morgan fingerprint density at radius 1 is 1.00 bits per heavy atom. The molecule has 3 rings (SSSR count). The maximum absolute atomic E-state index is 14.3. The van der Waals surface area contributed by atoms with E-state index in [1.54, 1.807) is 26.4 Å². The number of hydrogen-bond donors (Lipinski definition) is 0. The van der Waals surface area contributed by atoms with E-state index in [1.165, 1.54) is 36.1 Å². The predicted octanol–water partition coefficient (Wildman–Crippen LogP) is 5.37. The van der Waals surface area contributed by atoms with Crippen molar-refractivity contribution < 1.29 is 18.4 Å². The van der Waals surface area contributed by atoms with Gasteiger partial charge in [0.2, 0.25) is 0 Å². The summed E-state index contributed by atoms with van der Waals surface area (Å²) in [6.07, 6.45) is 6.75. The summed E-state index contributed by atoms with van der Waals surface area (Å²) >= 11 is 0. The van der Waals surface area contributed by atoms with Crippen molar-refractivity contribution in [3.8, 4) is 11.5 Å². The fourth-order valence-electron chi connectivity index (χ4n) is 3.98. The van der Waals surface area contributed by atoms with Crippen molar-refractivity contribution in [3.63, 3.8) is 0 Å². The molecule has 0 spiro atoms. The highest BCUT2D eigenvalue weighted by Crippen LogP contribution is 2.33. The van der Waals surface area contributed by atoms with E-state index in [-0.39, 0.29) is 5.82 Å². The van der Waals surface area contributed by atoms with Crippen molar-refractivity contribution in [2.24, 2.45) is 0 Å². The molecule has 0 aromatic heterocycles. The molecule has 0 N–H and O–H groups in total. The van der Waals surface area contributed by atoms with Crippen LogP contribution >= 0.6 is 0 Å². The number of rotatable bonds is 9. The van der Waals surface area contributed by atoms with Gasteiger partial charge in [0.05, 0.1) is 19.8 Å². The van der Waals surface area contributed by atoms with Crippen LogP contribution in [0.4, 0.5) is 4.39 Å². The molecule has 2 aromatic carbocycles. The Hall–Kier alpha value is -2.36. The summed E-state index contributed by atoms with van der Waals surface area (Å²) in [5, 5.41) is 0. The monoisotopic (exact) mass is 384 g/mol. The van der Waals surface area contributed by atoms with E-state index in [4.69, 9.17) is 9.47 Å². The summed E-state index contributed by atoms with van der Waals surface area (Å²) in [5.41, 5.74) is 4.55. The van der Waals surface area contributed by atoms with Gasteiger partial charge in [-0.2, -0.15) is 0 Å². The van der Waals surface area contributed by atoms with Gasteiger partial charge in [-0.05, 0) is 36.2 Å². The van der Waals surface area contributed by atoms with E-state index >= 15 is 0 Å². The van der Waals surface area contributed by atoms with Crippen molar-refractivity contribution in [1.29, 1.82) is 0 Å². The number of halogens is 1. The number of fused-ring (bicyclic) bond motifs is 1. The lowest BCUT2D eigenvalue weighted by atomic mass is 9.92. The lowest BCUT2D eigenvalue weighted by molar-refractivity contribution is -0.546. The van der Waals surface area contributed by atoms with Gasteiger partial charge in [0.15, 0.2) is 23.8 Å². The van der Waals surface area contributed by atoms with Crippen molar-refractivity contribution in [2.75, 3.05) is 20.8 Å². The van der Waals surface area contributed by atoms with E-state index in [0.717, 1.165) is 42.9 Å². The van der Waals surface area contributed by atoms with Crippen LogP contribution in [0.5, 0.6) is 11.5 Å². The molecule has 0 saturated carbocycles. The van der Waals surface area contributed by atoms with Gasteiger partial charge in [0.25, 0.3) is 0 Å². The number of hydrogen-bond acceptors (Lipinski definition) is 2. The van der Waals surface area contributed by atoms with Crippen molar-refractivity contribution in [3.05, 3.63) is 58.9 Å². The average Bonchev–Trinajstić information content (AvgIpc) is 2.72. The molecule has 1 aliphatic heterocycles. The molecule has 0 saturated heterocycles. The maximum atomic E-state index is 14.3. The Morgan fingerprint density at radius 3 is 2.46 bits per heavy atom. The zero-order chi connectivity index (χ0) is 19.9. The Kier molecular flexibility index (Phi) is 7.07. The topological polar surface area (TPSA) is 21.5 Å². The second-order valence-electron chi connectivity index (χ2n) is 7.38. The minimum atomic E-state index is -0.133. The van der Waals surface area contributed by atoms with Crippen LogP contribution in [0.3, 0.4) is 0 Å². The number of methoxy groups -OCH3 is 2. The molecule has 0 atom stereocenters. The van der Waals surface area contributed by atoms with E-state index in [1.807, 2.05) is 12.1 Å². The van der Waals surface area contributed by atoms with E-state index in [9.17, 15) is 4.39 Å². The summed E-state index contributed by atoms with van der Waals surface area (Å²) in [4.78, 5) is 0. The first-order valence-corrected chi connectivity index (χ1v) is 10.3. The van der Waals surface area contributed by atoms with Crippen molar-refractivity contribution in [1.82, 2.24) is 0 Å². The van der Waals surface area contributed by atoms with Crippen LogP contribution in [0.1, 0.15) is 55.7 Å². The molecule has 0 fully saturated rings. The van der Waals surface area contributed by atoms with E-state index in [0.29, 0.717) is 6.54 Å². The smallest absolute Gasteiger partial charge is 0.184 e. The molecule has 0 amide bonds. The minimum Gasteiger partial charge on any atom is -0.493 e. The fourth-order valence-corrected chi connectivity index (χ4v) is 3.98. The zero-order valence-corrected chi connectivity index (χ0v) is 17.3. The molecule has 0 unspecified atom stereocenters. The van der Waals surface area contributed by atoms with Crippen LogP contribution in [0.2, 0.25) is 0 Å². The highest BCUT2D eigenvalue weighted by molar-refractivity contribution is 5.99. The molecule has 1 aliphatic rings. The van der Waals surface area contributed by atoms with Crippen LogP contribution in [0.15, 0.2) is 36.4 Å². The molecule has 28 heavy (non-hydrogen) atoms. The highest BCUT2D eigenvalue weighted by Gasteiger charge is 2.28. The second-order valence-corrected chi connectivity index (χ2v) is 7.38. The van der Waals surface area contributed by atoms with Crippen LogP contribution in [0, 0.1) is 5.82 Å². The number of ether oxygens (including phenoxy) is 2. The van der Waals surface area contributed by atoms with Gasteiger partial charge in [-0.3, -0.25) is 0 Å². The van der Waals surface area contributed by atoms with E-state index in [2.05, 4.69) is 23.6 Å². The first-order chi connectivity index (χ1) is 13.7. The molecule has 4 heteroatoms. The van der Waals surface area contributed by atoms with Crippen LogP contribution in [-0.4, -0.2) is 31.1 Å². The molecule has 0 aliphatic carbocycles. The second kappa shape index (κ2) is 9.72. The van der Waals surface area contributed by atoms with Crippen molar-refractivity contribution in [2.45, 2.75) is 52.0 Å². The van der Waals surface area contributed by atoms with Gasteiger partial charge in [-0.25, -0.2) is 8.97 Å². The third kappa shape index (κ3) is 4.54. The lowest BCUT2D eigenvalue weighted by Crippen LogP contribution is -2.30. The maximum Gasteiger partial charge on any atom is 0.184 e. The third-order valence-corrected chi connectivity index (χ3v) is 5.54. The molecule has 3 nitrogen and oxygen atoms in total. The van der Waals surface area contributed by atoms with Crippen molar-refractivity contribution >= 4 is 5.71 Å². The Bertz CT molecular complexity index is 844. The standard InChI is InChI=1S/C24H31FNO2/c1-4-5-6-7-12-22-20-16-24(28-3)23(27-2)15-18(20)13-14-26(22)17-19-10-8-9-11-21(19)25/h8-11,15-16H,4-7,12-14,17H2,1-3H3/q+1. The summed E-state index contributed by atoms with van der Waals surface area (Å²) in [5.74, 6) is 1.39. The Labute approximate surface area is 167 Å². The number of benzene rings is 2. The fraction of sp³-hybridized carbons (Fsp3) is 0.458. The molecule has 0 radical (unpaired) electrons. The molecule has 150 valence electrons. The van der Waals surface area contributed by atoms with Gasteiger partial charge >= 0.3 is 0 Å². The first kappa shape index (κ1) is 20.4. The number of nitrogens with zero attached hydrogens (tertiary/aromatic N) is 1. The lowest BCUT2D eigenvalue weighted by Gasteiger charge is -2.21. The van der Waals surface area contributed by atoms with Gasteiger partial charge in [-0.1, -0.05) is 38.3 Å². The van der Waals surface area contributed by atoms with Gasteiger partial charge in [0, 0.05) is 18.4 Å². The molecular formula is C24H31FNO2+. The predicted molar refractivity (Wildman–Crippen MR) is 111 cm³/mol. The average molecular weight is 385 g/mol. The summed E-state index contributed by atoms with van der Waals surface area (Å²) in [6.45, 7) is 3.72. The van der Waals surface area contributed by atoms with Gasteiger partial charge in [-0.15, -0.1) is 0 Å². The van der Waals surface area contributed by atoms with Crippen LogP contribution in [0.25, 0.3) is 0 Å². The van der Waals surface area contributed by atoms with Gasteiger partial charge in [0.1, 0.15) is 12.4 Å². The summed E-state index contributed by atoms with van der Waals surface area (Å²) in [6, 6.07) is 11.3. The molecule has 0 bridgehead atoms.